The van der Waals surface area contributed by atoms with Crippen molar-refractivity contribution in [2.45, 2.75) is 31.5 Å². The van der Waals surface area contributed by atoms with E-state index in [1.807, 2.05) is 0 Å². The molecular formula is C13H18F3N3O4S. The van der Waals surface area contributed by atoms with Crippen molar-refractivity contribution in [1.29, 1.82) is 0 Å². The molecule has 0 aliphatic carbocycles. The number of aromatic nitrogens is 2. The van der Waals surface area contributed by atoms with Crippen molar-refractivity contribution >= 4 is 10.0 Å². The Morgan fingerprint density at radius 2 is 1.96 bits per heavy atom. The van der Waals surface area contributed by atoms with E-state index in [2.05, 4.69) is 10.2 Å². The summed E-state index contributed by atoms with van der Waals surface area (Å²) in [5, 5.41) is 7.52. The van der Waals surface area contributed by atoms with E-state index < -0.39 is 34.5 Å². The van der Waals surface area contributed by atoms with Crippen LogP contribution in [0.5, 0.6) is 11.8 Å². The molecule has 0 bridgehead atoms. The minimum absolute atomic E-state index is 0.00605. The molecule has 24 heavy (non-hydrogen) atoms. The zero-order valence-corrected chi connectivity index (χ0v) is 13.8. The zero-order chi connectivity index (χ0) is 17.8. The Kier molecular flexibility index (Phi) is 5.86. The average molecular weight is 369 g/mol. The first kappa shape index (κ1) is 18.7. The summed E-state index contributed by atoms with van der Waals surface area (Å²) in [5.41, 5.74) is 0. The Morgan fingerprint density at radius 1 is 1.29 bits per heavy atom. The third kappa shape index (κ3) is 5.48. The molecule has 1 unspecified atom stereocenters. The standard InChI is InChI=1S/C13H18F3N3O4S/c1-22-11-4-5-12(18-17-11)23-10-3-2-7-19(9-10)24(20,21)8-6-13(14,15)16/h4-5,10H,2-3,6-9H2,1H3. The maximum Gasteiger partial charge on any atom is 0.390 e. The lowest BCUT2D eigenvalue weighted by atomic mass is 10.1. The lowest BCUT2D eigenvalue weighted by Gasteiger charge is -2.31. The lowest BCUT2D eigenvalue weighted by Crippen LogP contribution is -2.45. The summed E-state index contributed by atoms with van der Waals surface area (Å²) in [4.78, 5) is 0. The minimum Gasteiger partial charge on any atom is -0.480 e. The first-order valence-electron chi connectivity index (χ1n) is 7.28. The number of piperidine rings is 1. The summed E-state index contributed by atoms with van der Waals surface area (Å²) in [6.07, 6.45) is -5.26. The van der Waals surface area contributed by atoms with Crippen molar-refractivity contribution in [3.8, 4) is 11.8 Å². The smallest absolute Gasteiger partial charge is 0.390 e. The molecule has 1 aromatic rings. The number of sulfonamides is 1. The van der Waals surface area contributed by atoms with E-state index in [-0.39, 0.29) is 19.0 Å². The Balaban J connectivity index is 1.95. The monoisotopic (exact) mass is 369 g/mol. The maximum absolute atomic E-state index is 12.2. The second-order valence-corrected chi connectivity index (χ2v) is 7.42. The molecular weight excluding hydrogens is 351 g/mol. The predicted molar refractivity (Wildman–Crippen MR) is 78.3 cm³/mol. The van der Waals surface area contributed by atoms with Crippen molar-refractivity contribution in [1.82, 2.24) is 14.5 Å². The third-order valence-electron chi connectivity index (χ3n) is 3.49. The number of alkyl halides is 3. The molecule has 2 heterocycles. The van der Waals surface area contributed by atoms with Crippen molar-refractivity contribution in [3.63, 3.8) is 0 Å². The zero-order valence-electron chi connectivity index (χ0n) is 13.0. The van der Waals surface area contributed by atoms with E-state index in [0.29, 0.717) is 18.7 Å². The summed E-state index contributed by atoms with van der Waals surface area (Å²) in [6, 6.07) is 3.08. The number of methoxy groups -OCH3 is 1. The van der Waals surface area contributed by atoms with E-state index >= 15 is 0 Å². The van der Waals surface area contributed by atoms with Gasteiger partial charge in [0, 0.05) is 18.7 Å². The van der Waals surface area contributed by atoms with E-state index in [0.717, 1.165) is 4.31 Å². The highest BCUT2D eigenvalue weighted by atomic mass is 32.2. The molecule has 7 nitrogen and oxygen atoms in total. The first-order valence-corrected chi connectivity index (χ1v) is 8.89. The number of nitrogens with zero attached hydrogens (tertiary/aromatic N) is 3. The summed E-state index contributed by atoms with van der Waals surface area (Å²) in [7, 11) is -2.54. The van der Waals surface area contributed by atoms with Gasteiger partial charge in [-0.15, -0.1) is 10.2 Å². The second-order valence-electron chi connectivity index (χ2n) is 5.34. The molecule has 1 atom stereocenters. The van der Waals surface area contributed by atoms with E-state index in [1.165, 1.54) is 13.2 Å². The number of rotatable bonds is 6. The van der Waals surface area contributed by atoms with Gasteiger partial charge in [-0.25, -0.2) is 8.42 Å². The average Bonchev–Trinajstić information content (AvgIpc) is 2.53. The van der Waals surface area contributed by atoms with E-state index in [9.17, 15) is 21.6 Å². The topological polar surface area (TPSA) is 81.6 Å². The van der Waals surface area contributed by atoms with Crippen molar-refractivity contribution < 1.29 is 31.1 Å². The van der Waals surface area contributed by atoms with Crippen LogP contribution >= 0.6 is 0 Å². The molecule has 2 rings (SSSR count). The van der Waals surface area contributed by atoms with Gasteiger partial charge in [-0.2, -0.15) is 17.5 Å². The lowest BCUT2D eigenvalue weighted by molar-refractivity contribution is -0.130. The first-order chi connectivity index (χ1) is 11.2. The van der Waals surface area contributed by atoms with Crippen LogP contribution in [-0.2, 0) is 10.0 Å². The highest BCUT2D eigenvalue weighted by Gasteiger charge is 2.35. The Labute approximate surface area is 137 Å². The van der Waals surface area contributed by atoms with Crippen LogP contribution in [0, 0.1) is 0 Å². The Hall–Kier alpha value is -1.62. The normalized spacial score (nSPS) is 19.9. The van der Waals surface area contributed by atoms with Gasteiger partial charge >= 0.3 is 6.18 Å². The second kappa shape index (κ2) is 7.51. The molecule has 0 N–H and O–H groups in total. The highest BCUT2D eigenvalue weighted by molar-refractivity contribution is 7.89. The molecule has 0 amide bonds. The van der Waals surface area contributed by atoms with Gasteiger partial charge in [0.2, 0.25) is 21.8 Å². The molecule has 0 spiro atoms. The van der Waals surface area contributed by atoms with Crippen LogP contribution < -0.4 is 9.47 Å². The van der Waals surface area contributed by atoms with Gasteiger partial charge in [-0.3, -0.25) is 0 Å². The van der Waals surface area contributed by atoms with Crippen LogP contribution in [0.15, 0.2) is 12.1 Å². The SMILES string of the molecule is COc1ccc(OC2CCCN(S(=O)(=O)CCC(F)(F)F)C2)nn1. The van der Waals surface area contributed by atoms with Crippen molar-refractivity contribution in [2.75, 3.05) is 26.0 Å². The molecule has 11 heteroatoms. The largest absolute Gasteiger partial charge is 0.480 e. The van der Waals surface area contributed by atoms with Crippen LogP contribution in [-0.4, -0.2) is 61.2 Å². The molecule has 0 saturated carbocycles. The van der Waals surface area contributed by atoms with Gasteiger partial charge in [0.05, 0.1) is 25.8 Å². The quantitative estimate of drug-likeness (QED) is 0.758. The summed E-state index contributed by atoms with van der Waals surface area (Å²) in [5.74, 6) is -0.441. The van der Waals surface area contributed by atoms with Crippen molar-refractivity contribution in [3.05, 3.63) is 12.1 Å². The van der Waals surface area contributed by atoms with Gasteiger partial charge in [0.25, 0.3) is 0 Å². The van der Waals surface area contributed by atoms with Crippen LogP contribution in [0.25, 0.3) is 0 Å². The maximum atomic E-state index is 12.2. The molecule has 0 aromatic carbocycles. The van der Waals surface area contributed by atoms with Gasteiger partial charge < -0.3 is 9.47 Å². The van der Waals surface area contributed by atoms with Crippen LogP contribution in [0.1, 0.15) is 19.3 Å². The number of hydrogen-bond acceptors (Lipinski definition) is 6. The van der Waals surface area contributed by atoms with Gasteiger partial charge in [-0.1, -0.05) is 0 Å². The molecule has 1 saturated heterocycles. The molecule has 1 aliphatic rings. The Bertz CT molecular complexity index is 637. The number of hydrogen-bond donors (Lipinski definition) is 0. The summed E-state index contributed by atoms with van der Waals surface area (Å²) < 4.78 is 72.3. The van der Waals surface area contributed by atoms with E-state index in [1.54, 1.807) is 6.07 Å². The van der Waals surface area contributed by atoms with Gasteiger partial charge in [0.1, 0.15) is 6.10 Å². The van der Waals surface area contributed by atoms with Gasteiger partial charge in [0.15, 0.2) is 0 Å². The molecule has 136 valence electrons. The fraction of sp³-hybridized carbons (Fsp3) is 0.692. The third-order valence-corrected chi connectivity index (χ3v) is 5.33. The van der Waals surface area contributed by atoms with Crippen LogP contribution in [0.4, 0.5) is 13.2 Å². The number of halogens is 3. The van der Waals surface area contributed by atoms with Gasteiger partial charge in [-0.05, 0) is 12.8 Å². The fourth-order valence-corrected chi connectivity index (χ4v) is 3.83. The summed E-state index contributed by atoms with van der Waals surface area (Å²) in [6.45, 7) is 0.183. The summed E-state index contributed by atoms with van der Waals surface area (Å²) >= 11 is 0. The molecule has 1 aromatic heterocycles. The molecule has 1 fully saturated rings. The molecule has 1 aliphatic heterocycles. The predicted octanol–water partition coefficient (Wildman–Crippen LogP) is 1.61. The fourth-order valence-electron chi connectivity index (χ4n) is 2.28. The van der Waals surface area contributed by atoms with E-state index in [4.69, 9.17) is 9.47 Å². The van der Waals surface area contributed by atoms with Crippen LogP contribution in [0.3, 0.4) is 0 Å². The van der Waals surface area contributed by atoms with Crippen LogP contribution in [0.2, 0.25) is 0 Å². The number of ether oxygens (including phenoxy) is 2. The minimum atomic E-state index is -4.50. The highest BCUT2D eigenvalue weighted by Crippen LogP contribution is 2.24. The molecule has 0 radical (unpaired) electrons. The van der Waals surface area contributed by atoms with Crippen molar-refractivity contribution in [2.24, 2.45) is 0 Å². The Morgan fingerprint density at radius 3 is 2.54 bits per heavy atom.